The van der Waals surface area contributed by atoms with Crippen LogP contribution in [0.3, 0.4) is 0 Å². The number of fused-ring (bicyclic) bond motifs is 1. The number of pyridine rings is 1. The number of carboxylic acid groups (broad SMARTS) is 1. The molecule has 4 aromatic rings. The maximum Gasteiger partial charge on any atom is 0.490 e. The summed E-state index contributed by atoms with van der Waals surface area (Å²) in [4.78, 5) is 15.5. The van der Waals surface area contributed by atoms with Gasteiger partial charge in [0.1, 0.15) is 4.90 Å². The first-order chi connectivity index (χ1) is 18.9. The lowest BCUT2D eigenvalue weighted by atomic mass is 10.0. The van der Waals surface area contributed by atoms with E-state index in [1.165, 1.54) is 5.56 Å². The molecule has 0 aliphatic heterocycles. The standard InChI is InChI=1S/C26H27N3O3S.C2HF3O2/c1-2-29(17-18-30)19-20-8-10-21(11-9-20)22-12-14-24(15-13-22)28-33(31,32)25-7-3-5-23-6-4-16-27-26(23)25;3-2(4,5)1(6)7/h3-16,28,30H,2,17-19H2,1H3;(H,6,7). The maximum absolute atomic E-state index is 13.0. The van der Waals surface area contributed by atoms with Crippen molar-refractivity contribution in [3.8, 4) is 11.1 Å². The lowest BCUT2D eigenvalue weighted by Gasteiger charge is -2.19. The number of alkyl halides is 3. The van der Waals surface area contributed by atoms with Crippen LogP contribution in [-0.2, 0) is 21.4 Å². The number of hydrogen-bond acceptors (Lipinski definition) is 6. The van der Waals surface area contributed by atoms with Crippen molar-refractivity contribution in [2.75, 3.05) is 24.4 Å². The quantitative estimate of drug-likeness (QED) is 0.253. The minimum Gasteiger partial charge on any atom is -0.475 e. The van der Waals surface area contributed by atoms with E-state index in [1.807, 2.05) is 24.3 Å². The number of aliphatic carboxylic acids is 1. The number of hydrogen-bond donors (Lipinski definition) is 3. The summed E-state index contributed by atoms with van der Waals surface area (Å²) in [5.74, 6) is -2.76. The molecule has 0 saturated heterocycles. The fraction of sp³-hybridized carbons (Fsp3) is 0.214. The zero-order valence-corrected chi connectivity index (χ0v) is 22.3. The highest BCUT2D eigenvalue weighted by atomic mass is 32.2. The highest BCUT2D eigenvalue weighted by Gasteiger charge is 2.38. The molecule has 40 heavy (non-hydrogen) atoms. The lowest BCUT2D eigenvalue weighted by molar-refractivity contribution is -0.192. The number of halogens is 3. The number of rotatable bonds is 9. The van der Waals surface area contributed by atoms with Gasteiger partial charge in [0.15, 0.2) is 0 Å². The molecule has 12 heteroatoms. The van der Waals surface area contributed by atoms with Gasteiger partial charge in [-0.1, -0.05) is 61.5 Å². The Morgan fingerprint density at radius 1 is 0.950 bits per heavy atom. The fourth-order valence-electron chi connectivity index (χ4n) is 3.79. The van der Waals surface area contributed by atoms with Crippen LogP contribution in [-0.4, -0.2) is 60.4 Å². The molecule has 0 unspecified atom stereocenters. The van der Waals surface area contributed by atoms with Gasteiger partial charge in [-0.3, -0.25) is 14.6 Å². The van der Waals surface area contributed by atoms with Crippen molar-refractivity contribution in [2.24, 2.45) is 0 Å². The first-order valence-electron chi connectivity index (χ1n) is 12.1. The average molecular weight is 576 g/mol. The number of aromatic nitrogens is 1. The molecule has 0 atom stereocenters. The van der Waals surface area contributed by atoms with Crippen LogP contribution in [0.15, 0.2) is 90.0 Å². The Labute approximate surface area is 229 Å². The molecule has 1 aromatic heterocycles. The summed E-state index contributed by atoms with van der Waals surface area (Å²) in [5, 5.41) is 17.1. The minimum atomic E-state index is -5.08. The molecular formula is C28H28F3N3O5S. The Hall–Kier alpha value is -4.00. The van der Waals surface area contributed by atoms with Gasteiger partial charge in [0.2, 0.25) is 0 Å². The number of nitrogens with zero attached hydrogens (tertiary/aromatic N) is 2. The van der Waals surface area contributed by atoms with E-state index in [1.54, 1.807) is 36.5 Å². The number of anilines is 1. The first-order valence-corrected chi connectivity index (χ1v) is 13.6. The molecule has 3 aromatic carbocycles. The molecule has 4 rings (SSSR count). The van der Waals surface area contributed by atoms with Crippen molar-refractivity contribution in [1.29, 1.82) is 0 Å². The summed E-state index contributed by atoms with van der Waals surface area (Å²) in [6, 6.07) is 24.4. The van der Waals surface area contributed by atoms with Gasteiger partial charge >= 0.3 is 12.1 Å². The topological polar surface area (TPSA) is 120 Å². The summed E-state index contributed by atoms with van der Waals surface area (Å²) in [6.45, 7) is 4.57. The van der Waals surface area contributed by atoms with Gasteiger partial charge < -0.3 is 10.2 Å². The Bertz CT molecular complexity index is 1520. The van der Waals surface area contributed by atoms with Crippen LogP contribution in [0.25, 0.3) is 22.0 Å². The first kappa shape index (κ1) is 30.5. The summed E-state index contributed by atoms with van der Waals surface area (Å²) in [6.07, 6.45) is -3.49. The number of carbonyl (C=O) groups is 1. The van der Waals surface area contributed by atoms with E-state index in [4.69, 9.17) is 15.0 Å². The number of aliphatic hydroxyl groups excluding tert-OH is 1. The number of carboxylic acids is 1. The van der Waals surface area contributed by atoms with Crippen LogP contribution in [0.4, 0.5) is 18.9 Å². The summed E-state index contributed by atoms with van der Waals surface area (Å²) >= 11 is 0. The van der Waals surface area contributed by atoms with E-state index in [9.17, 15) is 21.6 Å². The second kappa shape index (κ2) is 13.4. The smallest absolute Gasteiger partial charge is 0.475 e. The number of para-hydroxylation sites is 1. The molecule has 1 heterocycles. The van der Waals surface area contributed by atoms with E-state index >= 15 is 0 Å². The number of likely N-dealkylation sites (N-methyl/N-ethyl adjacent to an activating group) is 1. The van der Waals surface area contributed by atoms with Crippen LogP contribution >= 0.6 is 0 Å². The Morgan fingerprint density at radius 3 is 2.08 bits per heavy atom. The summed E-state index contributed by atoms with van der Waals surface area (Å²) < 4.78 is 60.4. The van der Waals surface area contributed by atoms with E-state index in [0.29, 0.717) is 17.7 Å². The SMILES string of the molecule is CCN(CCO)Cc1ccc(-c2ccc(NS(=O)(=O)c3cccc4cccnc34)cc2)cc1.O=C(O)C(F)(F)F. The monoisotopic (exact) mass is 575 g/mol. The minimum absolute atomic E-state index is 0.152. The molecule has 3 N–H and O–H groups in total. The normalized spacial score (nSPS) is 11.7. The van der Waals surface area contributed by atoms with Gasteiger partial charge in [0.05, 0.1) is 12.1 Å². The Kier molecular flexibility index (Phi) is 10.2. The highest BCUT2D eigenvalue weighted by molar-refractivity contribution is 7.93. The number of aliphatic hydroxyl groups is 1. The molecule has 0 spiro atoms. The Morgan fingerprint density at radius 2 is 1.52 bits per heavy atom. The van der Waals surface area contributed by atoms with Crippen LogP contribution in [0.5, 0.6) is 0 Å². The van der Waals surface area contributed by atoms with Crippen LogP contribution in [0.2, 0.25) is 0 Å². The molecule has 212 valence electrons. The number of nitrogens with one attached hydrogen (secondary N) is 1. The Balaban J connectivity index is 0.000000559. The zero-order chi connectivity index (χ0) is 29.3. The van der Waals surface area contributed by atoms with Crippen molar-refractivity contribution in [1.82, 2.24) is 9.88 Å². The molecule has 0 aliphatic carbocycles. The average Bonchev–Trinajstić information content (AvgIpc) is 2.93. The largest absolute Gasteiger partial charge is 0.490 e. The van der Waals surface area contributed by atoms with Gasteiger partial charge in [0, 0.05) is 30.4 Å². The highest BCUT2D eigenvalue weighted by Crippen LogP contribution is 2.26. The van der Waals surface area contributed by atoms with Gasteiger partial charge in [-0.15, -0.1) is 0 Å². The van der Waals surface area contributed by atoms with Crippen molar-refractivity contribution >= 4 is 32.6 Å². The van der Waals surface area contributed by atoms with Crippen molar-refractivity contribution in [3.05, 3.63) is 90.6 Å². The predicted molar refractivity (Wildman–Crippen MR) is 146 cm³/mol. The fourth-order valence-corrected chi connectivity index (χ4v) is 5.02. The van der Waals surface area contributed by atoms with Crippen LogP contribution in [0.1, 0.15) is 12.5 Å². The van der Waals surface area contributed by atoms with Crippen molar-refractivity contribution in [3.63, 3.8) is 0 Å². The molecule has 8 nitrogen and oxygen atoms in total. The third-order valence-corrected chi connectivity index (χ3v) is 7.23. The molecule has 0 saturated carbocycles. The van der Waals surface area contributed by atoms with Gasteiger partial charge in [-0.05, 0) is 47.5 Å². The van der Waals surface area contributed by atoms with Gasteiger partial charge in [-0.2, -0.15) is 13.2 Å². The van der Waals surface area contributed by atoms with E-state index in [0.717, 1.165) is 29.6 Å². The molecule has 0 fully saturated rings. The summed E-state index contributed by atoms with van der Waals surface area (Å²) in [7, 11) is -3.78. The lowest BCUT2D eigenvalue weighted by Crippen LogP contribution is -2.25. The predicted octanol–water partition coefficient (Wildman–Crippen LogP) is 5.15. The van der Waals surface area contributed by atoms with Crippen molar-refractivity contribution < 1.29 is 36.6 Å². The van der Waals surface area contributed by atoms with Gasteiger partial charge in [0.25, 0.3) is 10.0 Å². The van der Waals surface area contributed by atoms with Gasteiger partial charge in [-0.25, -0.2) is 13.2 Å². The molecule has 0 bridgehead atoms. The van der Waals surface area contributed by atoms with E-state index in [2.05, 4.69) is 45.8 Å². The molecule has 0 radical (unpaired) electrons. The van der Waals surface area contributed by atoms with E-state index in [-0.39, 0.29) is 11.5 Å². The van der Waals surface area contributed by atoms with Crippen molar-refractivity contribution in [2.45, 2.75) is 24.5 Å². The molecule has 0 aliphatic rings. The second-order valence-electron chi connectivity index (χ2n) is 8.61. The number of sulfonamides is 1. The van der Waals surface area contributed by atoms with Crippen LogP contribution < -0.4 is 4.72 Å². The third-order valence-electron chi connectivity index (χ3n) is 5.82. The summed E-state index contributed by atoms with van der Waals surface area (Å²) in [5.41, 5.74) is 4.17. The number of benzene rings is 3. The third kappa shape index (κ3) is 8.25. The maximum atomic E-state index is 13.0. The second-order valence-corrected chi connectivity index (χ2v) is 10.3. The van der Waals surface area contributed by atoms with Crippen LogP contribution in [0, 0.1) is 0 Å². The molecular weight excluding hydrogens is 547 g/mol. The zero-order valence-electron chi connectivity index (χ0n) is 21.5. The molecule has 0 amide bonds. The van der Waals surface area contributed by atoms with E-state index < -0.39 is 22.2 Å².